The fourth-order valence-corrected chi connectivity index (χ4v) is 2.33. The Kier molecular flexibility index (Phi) is 6.89. The minimum atomic E-state index is -0.495. The van der Waals surface area contributed by atoms with Gasteiger partial charge in [-0.3, -0.25) is 9.59 Å². The van der Waals surface area contributed by atoms with Gasteiger partial charge in [-0.15, -0.1) is 0 Å². The van der Waals surface area contributed by atoms with Gasteiger partial charge in [-0.2, -0.15) is 0 Å². The molecule has 0 spiro atoms. The van der Waals surface area contributed by atoms with Crippen molar-refractivity contribution in [3.63, 3.8) is 0 Å². The maximum absolute atomic E-state index is 13.2. The second-order valence-electron chi connectivity index (χ2n) is 5.37. The number of nitrogens with one attached hydrogen (secondary N) is 1. The molecule has 0 fully saturated rings. The van der Waals surface area contributed by atoms with E-state index in [1.54, 1.807) is 19.1 Å². The van der Waals surface area contributed by atoms with Crippen LogP contribution in [-0.4, -0.2) is 18.5 Å². The van der Waals surface area contributed by atoms with Gasteiger partial charge in [0, 0.05) is 6.08 Å². The molecule has 0 bridgehead atoms. The van der Waals surface area contributed by atoms with Crippen molar-refractivity contribution in [3.05, 3.63) is 77.6 Å². The zero-order chi connectivity index (χ0) is 18.1. The summed E-state index contributed by atoms with van der Waals surface area (Å²) in [6.07, 6.45) is 2.87. The van der Waals surface area contributed by atoms with Crippen LogP contribution in [0.3, 0.4) is 0 Å². The van der Waals surface area contributed by atoms with E-state index in [0.717, 1.165) is 5.56 Å². The number of hydrogen-bond acceptors (Lipinski definition) is 3. The molecule has 25 heavy (non-hydrogen) atoms. The monoisotopic (exact) mass is 341 g/mol. The summed E-state index contributed by atoms with van der Waals surface area (Å²) in [5.41, 5.74) is 1.39. The summed E-state index contributed by atoms with van der Waals surface area (Å²) in [7, 11) is 0. The molecule has 2 aromatic carbocycles. The van der Waals surface area contributed by atoms with Crippen LogP contribution >= 0.6 is 0 Å². The largest absolute Gasteiger partial charge is 0.466 e. The Balaban J connectivity index is 2.07. The van der Waals surface area contributed by atoms with Gasteiger partial charge < -0.3 is 10.1 Å². The standard InChI is InChI=1S/C20H20FNO3/c1-2-25-20(24)14-18(16-8-4-3-5-9-16)22-19(23)12-11-15-7-6-10-17(21)13-15/h3-13,18H,2,14H2,1H3,(H,22,23)/b12-11+. The Bertz CT molecular complexity index is 744. The highest BCUT2D eigenvalue weighted by Crippen LogP contribution is 2.17. The van der Waals surface area contributed by atoms with Crippen LogP contribution in [-0.2, 0) is 14.3 Å². The maximum atomic E-state index is 13.2. The third-order valence-corrected chi connectivity index (χ3v) is 3.47. The quantitative estimate of drug-likeness (QED) is 0.618. The molecular weight excluding hydrogens is 321 g/mol. The summed E-state index contributed by atoms with van der Waals surface area (Å²) in [6, 6.07) is 14.6. The van der Waals surface area contributed by atoms with Crippen LogP contribution in [0.5, 0.6) is 0 Å². The summed E-state index contributed by atoms with van der Waals surface area (Å²) < 4.78 is 18.1. The lowest BCUT2D eigenvalue weighted by Gasteiger charge is -2.17. The van der Waals surface area contributed by atoms with E-state index < -0.39 is 6.04 Å². The van der Waals surface area contributed by atoms with E-state index in [1.165, 1.54) is 24.3 Å². The van der Waals surface area contributed by atoms with Gasteiger partial charge in [-0.05, 0) is 36.3 Å². The van der Waals surface area contributed by atoms with Crippen molar-refractivity contribution in [3.8, 4) is 0 Å². The molecule has 0 aromatic heterocycles. The Morgan fingerprint density at radius 1 is 1.16 bits per heavy atom. The van der Waals surface area contributed by atoms with Crippen molar-refractivity contribution in [2.45, 2.75) is 19.4 Å². The molecule has 1 atom stereocenters. The van der Waals surface area contributed by atoms with Crippen molar-refractivity contribution in [2.24, 2.45) is 0 Å². The number of benzene rings is 2. The highest BCUT2D eigenvalue weighted by molar-refractivity contribution is 5.92. The number of ether oxygens (including phenoxy) is 1. The van der Waals surface area contributed by atoms with Crippen LogP contribution in [0.4, 0.5) is 4.39 Å². The molecule has 2 rings (SSSR count). The minimum Gasteiger partial charge on any atom is -0.466 e. The molecule has 4 nitrogen and oxygen atoms in total. The molecule has 0 aliphatic heterocycles. The van der Waals surface area contributed by atoms with Gasteiger partial charge in [0.2, 0.25) is 5.91 Å². The maximum Gasteiger partial charge on any atom is 0.308 e. The molecule has 130 valence electrons. The lowest BCUT2D eigenvalue weighted by Crippen LogP contribution is -2.29. The zero-order valence-corrected chi connectivity index (χ0v) is 13.9. The molecule has 1 unspecified atom stereocenters. The van der Waals surface area contributed by atoms with Crippen LogP contribution in [0, 0.1) is 5.82 Å². The number of halogens is 1. The average Bonchev–Trinajstić information content (AvgIpc) is 2.60. The lowest BCUT2D eigenvalue weighted by molar-refractivity contribution is -0.143. The highest BCUT2D eigenvalue weighted by Gasteiger charge is 2.18. The first-order valence-corrected chi connectivity index (χ1v) is 8.03. The fourth-order valence-electron chi connectivity index (χ4n) is 2.33. The second kappa shape index (κ2) is 9.37. The highest BCUT2D eigenvalue weighted by atomic mass is 19.1. The molecule has 0 saturated carbocycles. The third-order valence-electron chi connectivity index (χ3n) is 3.47. The normalized spacial score (nSPS) is 11.9. The van der Waals surface area contributed by atoms with Crippen molar-refractivity contribution >= 4 is 18.0 Å². The van der Waals surface area contributed by atoms with Gasteiger partial charge in [0.15, 0.2) is 0 Å². The van der Waals surface area contributed by atoms with E-state index in [2.05, 4.69) is 5.32 Å². The van der Waals surface area contributed by atoms with Crippen LogP contribution in [0.2, 0.25) is 0 Å². The number of carbonyl (C=O) groups is 2. The van der Waals surface area contributed by atoms with Gasteiger partial charge in [-0.25, -0.2) is 4.39 Å². The number of hydrogen-bond donors (Lipinski definition) is 1. The zero-order valence-electron chi connectivity index (χ0n) is 13.9. The fraction of sp³-hybridized carbons (Fsp3) is 0.200. The van der Waals surface area contributed by atoms with E-state index in [-0.39, 0.29) is 30.7 Å². The van der Waals surface area contributed by atoms with Crippen LogP contribution in [0.25, 0.3) is 6.08 Å². The molecule has 0 aliphatic carbocycles. The van der Waals surface area contributed by atoms with Crippen molar-refractivity contribution in [1.82, 2.24) is 5.32 Å². The number of esters is 1. The molecule has 2 aromatic rings. The summed E-state index contributed by atoms with van der Waals surface area (Å²) in [4.78, 5) is 24.0. The molecule has 0 heterocycles. The molecular formula is C20H20FNO3. The number of rotatable bonds is 7. The van der Waals surface area contributed by atoms with Gasteiger partial charge >= 0.3 is 5.97 Å². The molecule has 1 N–H and O–H groups in total. The Hall–Kier alpha value is -2.95. The number of carbonyl (C=O) groups excluding carboxylic acids is 2. The summed E-state index contributed by atoms with van der Waals surface area (Å²) in [5.74, 6) is -1.12. The van der Waals surface area contributed by atoms with Crippen molar-refractivity contribution < 1.29 is 18.7 Å². The van der Waals surface area contributed by atoms with E-state index in [0.29, 0.717) is 5.56 Å². The van der Waals surface area contributed by atoms with Crippen molar-refractivity contribution in [2.75, 3.05) is 6.61 Å². The van der Waals surface area contributed by atoms with Gasteiger partial charge in [-0.1, -0.05) is 42.5 Å². The summed E-state index contributed by atoms with van der Waals surface area (Å²) in [6.45, 7) is 2.02. The van der Waals surface area contributed by atoms with Crippen molar-refractivity contribution in [1.29, 1.82) is 0 Å². The van der Waals surface area contributed by atoms with E-state index in [1.807, 2.05) is 30.3 Å². The second-order valence-corrected chi connectivity index (χ2v) is 5.37. The Morgan fingerprint density at radius 2 is 1.92 bits per heavy atom. The minimum absolute atomic E-state index is 0.0391. The smallest absolute Gasteiger partial charge is 0.308 e. The van der Waals surface area contributed by atoms with Gasteiger partial charge in [0.1, 0.15) is 5.82 Å². The molecule has 5 heteroatoms. The average molecular weight is 341 g/mol. The molecule has 0 saturated heterocycles. The molecule has 0 radical (unpaired) electrons. The molecule has 1 amide bonds. The first-order chi connectivity index (χ1) is 12.1. The Labute approximate surface area is 146 Å². The number of amides is 1. The SMILES string of the molecule is CCOC(=O)CC(NC(=O)/C=C/c1cccc(F)c1)c1ccccc1. The lowest BCUT2D eigenvalue weighted by atomic mass is 10.0. The first kappa shape index (κ1) is 18.4. The first-order valence-electron chi connectivity index (χ1n) is 8.03. The van der Waals surface area contributed by atoms with Crippen LogP contribution in [0.15, 0.2) is 60.7 Å². The molecule has 0 aliphatic rings. The summed E-state index contributed by atoms with van der Waals surface area (Å²) >= 11 is 0. The van der Waals surface area contributed by atoms with Crippen LogP contribution < -0.4 is 5.32 Å². The van der Waals surface area contributed by atoms with E-state index in [9.17, 15) is 14.0 Å². The van der Waals surface area contributed by atoms with Crippen LogP contribution in [0.1, 0.15) is 30.5 Å². The third kappa shape index (κ3) is 6.22. The van der Waals surface area contributed by atoms with Gasteiger partial charge in [0.05, 0.1) is 19.1 Å². The van der Waals surface area contributed by atoms with Gasteiger partial charge in [0.25, 0.3) is 0 Å². The predicted molar refractivity (Wildman–Crippen MR) is 94.0 cm³/mol. The Morgan fingerprint density at radius 3 is 2.60 bits per heavy atom. The predicted octanol–water partition coefficient (Wildman–Crippen LogP) is 3.65. The summed E-state index contributed by atoms with van der Waals surface area (Å²) in [5, 5.41) is 2.79. The topological polar surface area (TPSA) is 55.4 Å². The van der Waals surface area contributed by atoms with E-state index >= 15 is 0 Å². The van der Waals surface area contributed by atoms with E-state index in [4.69, 9.17) is 4.74 Å².